The molecule has 4 nitrogen and oxygen atoms in total. The van der Waals surface area contributed by atoms with Crippen molar-refractivity contribution >= 4 is 5.97 Å². The molecule has 0 spiro atoms. The first-order valence-electron chi connectivity index (χ1n) is 10.0. The standard InChI is InChI=1S/C24H25F3O4/c1-16(2)22(28)31-23(3,14-15-24(25,26)27)18-9-11-19(12-10-18)29-21-13-8-17-6-4-5-7-20(17)30-21/h4-7,9-12,21H,1,8,13-15H2,2-3H3. The second-order valence-electron chi connectivity index (χ2n) is 7.85. The van der Waals surface area contributed by atoms with Crippen LogP contribution in [0.15, 0.2) is 60.7 Å². The number of hydrogen-bond donors (Lipinski definition) is 0. The molecule has 0 fully saturated rings. The van der Waals surface area contributed by atoms with Crippen LogP contribution >= 0.6 is 0 Å². The number of alkyl halides is 3. The van der Waals surface area contributed by atoms with E-state index in [4.69, 9.17) is 14.2 Å². The zero-order valence-electron chi connectivity index (χ0n) is 17.5. The van der Waals surface area contributed by atoms with Crippen molar-refractivity contribution in [1.29, 1.82) is 0 Å². The molecular weight excluding hydrogens is 409 g/mol. The van der Waals surface area contributed by atoms with Gasteiger partial charge in [-0.2, -0.15) is 13.2 Å². The summed E-state index contributed by atoms with van der Waals surface area (Å²) in [5.41, 5.74) is 0.226. The molecule has 2 unspecified atom stereocenters. The van der Waals surface area contributed by atoms with E-state index in [1.54, 1.807) is 24.3 Å². The molecule has 166 valence electrons. The van der Waals surface area contributed by atoms with Crippen LogP contribution in [0.5, 0.6) is 11.5 Å². The Morgan fingerprint density at radius 2 is 1.81 bits per heavy atom. The predicted molar refractivity (Wildman–Crippen MR) is 110 cm³/mol. The maximum atomic E-state index is 12.8. The van der Waals surface area contributed by atoms with E-state index in [0.717, 1.165) is 17.7 Å². The molecule has 0 radical (unpaired) electrons. The Kier molecular flexibility index (Phi) is 6.62. The smallest absolute Gasteiger partial charge is 0.389 e. The highest BCUT2D eigenvalue weighted by atomic mass is 19.4. The zero-order chi connectivity index (χ0) is 22.6. The number of esters is 1. The van der Waals surface area contributed by atoms with Gasteiger partial charge < -0.3 is 14.2 Å². The fraction of sp³-hybridized carbons (Fsp3) is 0.375. The quantitative estimate of drug-likeness (QED) is 0.391. The van der Waals surface area contributed by atoms with Crippen LogP contribution in [0.25, 0.3) is 0 Å². The highest BCUT2D eigenvalue weighted by Gasteiger charge is 2.37. The van der Waals surface area contributed by atoms with E-state index in [-0.39, 0.29) is 5.57 Å². The largest absolute Gasteiger partial charge is 0.455 e. The highest BCUT2D eigenvalue weighted by molar-refractivity contribution is 5.87. The average molecular weight is 434 g/mol. The third-order valence-corrected chi connectivity index (χ3v) is 5.16. The number of halogens is 3. The van der Waals surface area contributed by atoms with Gasteiger partial charge in [-0.05, 0) is 56.0 Å². The summed E-state index contributed by atoms with van der Waals surface area (Å²) in [5, 5.41) is 0. The second kappa shape index (κ2) is 9.04. The Hall–Kier alpha value is -2.96. The topological polar surface area (TPSA) is 44.8 Å². The first kappa shape index (κ1) is 22.7. The average Bonchev–Trinajstić information content (AvgIpc) is 2.72. The molecule has 1 heterocycles. The first-order valence-corrected chi connectivity index (χ1v) is 10.0. The second-order valence-corrected chi connectivity index (χ2v) is 7.85. The van der Waals surface area contributed by atoms with Crippen molar-refractivity contribution in [2.75, 3.05) is 0 Å². The van der Waals surface area contributed by atoms with Gasteiger partial charge in [0.15, 0.2) is 0 Å². The third-order valence-electron chi connectivity index (χ3n) is 5.16. The summed E-state index contributed by atoms with van der Waals surface area (Å²) < 4.78 is 55.7. The van der Waals surface area contributed by atoms with Crippen LogP contribution in [0.1, 0.15) is 44.2 Å². The first-order chi connectivity index (χ1) is 14.6. The van der Waals surface area contributed by atoms with E-state index in [1.165, 1.54) is 13.8 Å². The van der Waals surface area contributed by atoms with Gasteiger partial charge in [0.2, 0.25) is 6.29 Å². The minimum Gasteiger partial charge on any atom is -0.455 e. The lowest BCUT2D eigenvalue weighted by atomic mass is 9.90. The van der Waals surface area contributed by atoms with Gasteiger partial charge in [-0.25, -0.2) is 4.79 Å². The Bertz CT molecular complexity index is 937. The van der Waals surface area contributed by atoms with Gasteiger partial charge in [0.05, 0.1) is 0 Å². The number of carbonyl (C=O) groups excluding carboxylic acids is 1. The summed E-state index contributed by atoms with van der Waals surface area (Å²) in [4.78, 5) is 12.0. The molecule has 0 saturated carbocycles. The number of fused-ring (bicyclic) bond motifs is 1. The summed E-state index contributed by atoms with van der Waals surface area (Å²) >= 11 is 0. The van der Waals surface area contributed by atoms with Crippen LogP contribution in [0.3, 0.4) is 0 Å². The van der Waals surface area contributed by atoms with Crippen LogP contribution in [-0.2, 0) is 21.6 Å². The lowest BCUT2D eigenvalue weighted by molar-refractivity contribution is -0.167. The number of rotatable bonds is 7. The molecule has 2 aromatic rings. The van der Waals surface area contributed by atoms with E-state index in [2.05, 4.69) is 6.58 Å². The summed E-state index contributed by atoms with van der Waals surface area (Å²) in [5.74, 6) is 0.554. The Morgan fingerprint density at radius 1 is 1.13 bits per heavy atom. The molecule has 0 bridgehead atoms. The maximum absolute atomic E-state index is 12.8. The molecule has 0 amide bonds. The van der Waals surface area contributed by atoms with Gasteiger partial charge in [0.25, 0.3) is 0 Å². The molecule has 0 aliphatic carbocycles. The van der Waals surface area contributed by atoms with E-state index >= 15 is 0 Å². The fourth-order valence-electron chi connectivity index (χ4n) is 3.35. The zero-order valence-corrected chi connectivity index (χ0v) is 17.5. The normalized spacial score (nSPS) is 17.6. The molecule has 0 aromatic heterocycles. The molecule has 31 heavy (non-hydrogen) atoms. The van der Waals surface area contributed by atoms with Crippen molar-refractivity contribution in [2.45, 2.75) is 57.6 Å². The molecule has 0 saturated heterocycles. The lowest BCUT2D eigenvalue weighted by Gasteiger charge is -2.31. The minimum atomic E-state index is -4.37. The Labute approximate surface area is 179 Å². The number of carbonyl (C=O) groups is 1. The summed E-state index contributed by atoms with van der Waals surface area (Å²) in [6.45, 7) is 6.43. The Morgan fingerprint density at radius 3 is 2.45 bits per heavy atom. The fourth-order valence-corrected chi connectivity index (χ4v) is 3.35. The number of para-hydroxylation sites is 1. The summed E-state index contributed by atoms with van der Waals surface area (Å²) in [7, 11) is 0. The van der Waals surface area contributed by atoms with Gasteiger partial charge in [0, 0.05) is 18.4 Å². The van der Waals surface area contributed by atoms with Crippen molar-refractivity contribution in [3.8, 4) is 11.5 Å². The van der Waals surface area contributed by atoms with Crippen molar-refractivity contribution in [3.63, 3.8) is 0 Å². The molecule has 1 aliphatic heterocycles. The minimum absolute atomic E-state index is 0.118. The van der Waals surface area contributed by atoms with Gasteiger partial charge in [-0.15, -0.1) is 0 Å². The van der Waals surface area contributed by atoms with Gasteiger partial charge >= 0.3 is 12.1 Å². The van der Waals surface area contributed by atoms with E-state index in [0.29, 0.717) is 17.7 Å². The van der Waals surface area contributed by atoms with E-state index in [1.807, 2.05) is 24.3 Å². The molecular formula is C24H25F3O4. The maximum Gasteiger partial charge on any atom is 0.389 e. The van der Waals surface area contributed by atoms with Crippen molar-refractivity contribution in [3.05, 3.63) is 71.8 Å². The van der Waals surface area contributed by atoms with Gasteiger partial charge in [-0.3, -0.25) is 0 Å². The van der Waals surface area contributed by atoms with E-state index in [9.17, 15) is 18.0 Å². The molecule has 0 N–H and O–H groups in total. The van der Waals surface area contributed by atoms with E-state index < -0.39 is 36.9 Å². The van der Waals surface area contributed by atoms with Crippen LogP contribution < -0.4 is 9.47 Å². The van der Waals surface area contributed by atoms with Gasteiger partial charge in [0.1, 0.15) is 17.1 Å². The molecule has 2 aromatic carbocycles. The van der Waals surface area contributed by atoms with Crippen molar-refractivity contribution < 1.29 is 32.2 Å². The number of aryl methyl sites for hydroxylation is 1. The highest BCUT2D eigenvalue weighted by Crippen LogP contribution is 2.37. The van der Waals surface area contributed by atoms with Crippen molar-refractivity contribution in [2.24, 2.45) is 0 Å². The van der Waals surface area contributed by atoms with Crippen LogP contribution in [0, 0.1) is 0 Å². The summed E-state index contributed by atoms with van der Waals surface area (Å²) in [6, 6.07) is 14.2. The number of ether oxygens (including phenoxy) is 3. The van der Waals surface area contributed by atoms with Crippen molar-refractivity contribution in [1.82, 2.24) is 0 Å². The summed E-state index contributed by atoms with van der Waals surface area (Å²) in [6.07, 6.45) is -4.81. The third kappa shape index (κ3) is 6.03. The lowest BCUT2D eigenvalue weighted by Crippen LogP contribution is -2.31. The van der Waals surface area contributed by atoms with Crippen LogP contribution in [0.4, 0.5) is 13.2 Å². The SMILES string of the molecule is C=C(C)C(=O)OC(C)(CCC(F)(F)F)c1ccc(OC2CCc3ccccc3O2)cc1. The molecule has 1 aliphatic rings. The molecule has 7 heteroatoms. The number of hydrogen-bond acceptors (Lipinski definition) is 4. The van der Waals surface area contributed by atoms with Crippen LogP contribution in [0.2, 0.25) is 0 Å². The monoisotopic (exact) mass is 434 g/mol. The Balaban J connectivity index is 1.73. The molecule has 3 rings (SSSR count). The van der Waals surface area contributed by atoms with Crippen LogP contribution in [-0.4, -0.2) is 18.4 Å². The van der Waals surface area contributed by atoms with Gasteiger partial charge in [-0.1, -0.05) is 36.9 Å². The number of benzene rings is 2. The predicted octanol–water partition coefficient (Wildman–Crippen LogP) is 6.09. The molecule has 2 atom stereocenters.